The maximum atomic E-state index is 13.1. The van der Waals surface area contributed by atoms with Crippen molar-refractivity contribution in [1.82, 2.24) is 20.4 Å². The number of aromatic nitrogens is 2. The third-order valence-corrected chi connectivity index (χ3v) is 5.10. The fraction of sp³-hybridized carbons (Fsp3) is 0.474. The van der Waals surface area contributed by atoms with Gasteiger partial charge in [0.25, 0.3) is 0 Å². The first kappa shape index (κ1) is 22.7. The first-order valence-corrected chi connectivity index (χ1v) is 9.57. The molecular formula is C19H27ClFIN6. The predicted octanol–water partition coefficient (Wildman–Crippen LogP) is 3.21. The summed E-state index contributed by atoms with van der Waals surface area (Å²) < 4.78 is 15.0. The molecule has 0 amide bonds. The van der Waals surface area contributed by atoms with Crippen LogP contribution in [0.4, 0.5) is 10.1 Å². The van der Waals surface area contributed by atoms with E-state index in [1.54, 1.807) is 13.1 Å². The van der Waals surface area contributed by atoms with E-state index in [2.05, 4.69) is 25.6 Å². The van der Waals surface area contributed by atoms with Crippen molar-refractivity contribution in [3.8, 4) is 0 Å². The Morgan fingerprint density at radius 1 is 1.43 bits per heavy atom. The molecule has 1 atom stereocenters. The number of hydrogen-bond donors (Lipinski definition) is 2. The van der Waals surface area contributed by atoms with E-state index in [4.69, 9.17) is 11.6 Å². The van der Waals surface area contributed by atoms with Crippen molar-refractivity contribution in [2.75, 3.05) is 31.6 Å². The molecule has 0 radical (unpaired) electrons. The Bertz CT molecular complexity index is 796. The number of nitrogens with one attached hydrogen (secondary N) is 2. The average molecular weight is 521 g/mol. The van der Waals surface area contributed by atoms with Crippen molar-refractivity contribution < 1.29 is 4.39 Å². The summed E-state index contributed by atoms with van der Waals surface area (Å²) in [6.07, 6.45) is 6.87. The standard InChI is InChI=1S/C19H26ClFN6.HI/c1-22-19(23-8-7-14-5-6-15(21)10-18(14)20)25-16-4-3-9-27(12-16)17-11-24-26(2)13-17;/h5-6,10-11,13,16H,3-4,7-9,12H2,1-2H3,(H2,22,23,25);1H. The van der Waals surface area contributed by atoms with Crippen LogP contribution in [0.5, 0.6) is 0 Å². The number of rotatable bonds is 5. The van der Waals surface area contributed by atoms with Gasteiger partial charge in [-0.25, -0.2) is 4.39 Å². The van der Waals surface area contributed by atoms with Gasteiger partial charge in [-0.2, -0.15) is 5.10 Å². The van der Waals surface area contributed by atoms with Crippen molar-refractivity contribution >= 4 is 47.2 Å². The molecule has 3 rings (SSSR count). The molecule has 1 aromatic heterocycles. The van der Waals surface area contributed by atoms with Gasteiger partial charge in [0.1, 0.15) is 5.82 Å². The van der Waals surface area contributed by atoms with Crippen LogP contribution in [0.2, 0.25) is 5.02 Å². The Morgan fingerprint density at radius 2 is 2.25 bits per heavy atom. The molecule has 0 spiro atoms. The summed E-state index contributed by atoms with van der Waals surface area (Å²) in [5.74, 6) is 0.455. The summed E-state index contributed by atoms with van der Waals surface area (Å²) in [7, 11) is 3.70. The van der Waals surface area contributed by atoms with Crippen LogP contribution in [0.25, 0.3) is 0 Å². The summed E-state index contributed by atoms with van der Waals surface area (Å²) >= 11 is 6.08. The Kier molecular flexibility index (Phi) is 8.81. The number of aliphatic imine (C=N–C) groups is 1. The molecule has 2 aromatic rings. The lowest BCUT2D eigenvalue weighted by Gasteiger charge is -2.34. The van der Waals surface area contributed by atoms with Crippen molar-refractivity contribution in [3.05, 3.63) is 47.0 Å². The lowest BCUT2D eigenvalue weighted by molar-refractivity contribution is 0.468. The molecule has 1 aromatic carbocycles. The highest BCUT2D eigenvalue weighted by molar-refractivity contribution is 14.0. The van der Waals surface area contributed by atoms with Crippen molar-refractivity contribution in [2.45, 2.75) is 25.3 Å². The van der Waals surface area contributed by atoms with Gasteiger partial charge in [0.2, 0.25) is 0 Å². The van der Waals surface area contributed by atoms with Crippen LogP contribution in [-0.4, -0.2) is 48.5 Å². The molecular weight excluding hydrogens is 494 g/mol. The van der Waals surface area contributed by atoms with E-state index in [9.17, 15) is 4.39 Å². The van der Waals surface area contributed by atoms with Crippen LogP contribution in [0.1, 0.15) is 18.4 Å². The van der Waals surface area contributed by atoms with Crippen LogP contribution in [0.3, 0.4) is 0 Å². The topological polar surface area (TPSA) is 57.5 Å². The number of piperidine rings is 1. The smallest absolute Gasteiger partial charge is 0.191 e. The van der Waals surface area contributed by atoms with Gasteiger partial charge in [-0.1, -0.05) is 17.7 Å². The first-order chi connectivity index (χ1) is 13.0. The number of hydrogen-bond acceptors (Lipinski definition) is 3. The maximum Gasteiger partial charge on any atom is 0.191 e. The highest BCUT2D eigenvalue weighted by Gasteiger charge is 2.21. The van der Waals surface area contributed by atoms with Crippen molar-refractivity contribution in [3.63, 3.8) is 0 Å². The molecule has 1 unspecified atom stereocenters. The van der Waals surface area contributed by atoms with Gasteiger partial charge in [0.05, 0.1) is 11.9 Å². The second-order valence-electron chi connectivity index (χ2n) is 6.79. The third-order valence-electron chi connectivity index (χ3n) is 4.74. The first-order valence-electron chi connectivity index (χ1n) is 9.20. The molecule has 1 saturated heterocycles. The summed E-state index contributed by atoms with van der Waals surface area (Å²) in [5, 5.41) is 11.5. The molecule has 0 aliphatic carbocycles. The van der Waals surface area contributed by atoms with Gasteiger partial charge in [-0.05, 0) is 37.0 Å². The largest absolute Gasteiger partial charge is 0.367 e. The Labute approximate surface area is 187 Å². The molecule has 0 bridgehead atoms. The van der Waals surface area contributed by atoms with Crippen LogP contribution in [0.15, 0.2) is 35.6 Å². The van der Waals surface area contributed by atoms with Crippen LogP contribution < -0.4 is 15.5 Å². The number of aryl methyl sites for hydroxylation is 1. The molecule has 1 aliphatic rings. The minimum absolute atomic E-state index is 0. The van der Waals surface area contributed by atoms with E-state index in [1.807, 2.05) is 24.1 Å². The Balaban J connectivity index is 0.00000280. The molecule has 28 heavy (non-hydrogen) atoms. The quantitative estimate of drug-likeness (QED) is 0.361. The van der Waals surface area contributed by atoms with Gasteiger partial charge in [-0.3, -0.25) is 9.67 Å². The second-order valence-corrected chi connectivity index (χ2v) is 7.19. The van der Waals surface area contributed by atoms with Gasteiger partial charge in [-0.15, -0.1) is 24.0 Å². The molecule has 1 aliphatic heterocycles. The van der Waals surface area contributed by atoms with E-state index in [0.29, 0.717) is 24.0 Å². The number of halogens is 3. The number of anilines is 1. The van der Waals surface area contributed by atoms with E-state index in [0.717, 1.165) is 43.1 Å². The minimum Gasteiger partial charge on any atom is -0.367 e. The summed E-state index contributed by atoms with van der Waals surface area (Å²) in [4.78, 5) is 6.67. The lowest BCUT2D eigenvalue weighted by Crippen LogP contribution is -2.51. The average Bonchev–Trinajstić information content (AvgIpc) is 3.09. The highest BCUT2D eigenvalue weighted by atomic mass is 127. The normalized spacial score (nSPS) is 17.2. The summed E-state index contributed by atoms with van der Waals surface area (Å²) in [5.41, 5.74) is 2.07. The molecule has 154 valence electrons. The summed E-state index contributed by atoms with van der Waals surface area (Å²) in [6, 6.07) is 4.82. The molecule has 6 nitrogen and oxygen atoms in total. The summed E-state index contributed by atoms with van der Waals surface area (Å²) in [6.45, 7) is 2.62. The zero-order chi connectivity index (χ0) is 19.2. The van der Waals surface area contributed by atoms with Gasteiger partial charge in [0, 0.05) is 51.0 Å². The predicted molar refractivity (Wildman–Crippen MR) is 123 cm³/mol. The monoisotopic (exact) mass is 520 g/mol. The van der Waals surface area contributed by atoms with Gasteiger partial charge in [0.15, 0.2) is 5.96 Å². The molecule has 0 saturated carbocycles. The zero-order valence-electron chi connectivity index (χ0n) is 16.2. The van der Waals surface area contributed by atoms with E-state index < -0.39 is 0 Å². The number of benzene rings is 1. The Morgan fingerprint density at radius 3 is 2.93 bits per heavy atom. The van der Waals surface area contributed by atoms with E-state index >= 15 is 0 Å². The molecule has 1 fully saturated rings. The number of nitrogens with zero attached hydrogens (tertiary/aromatic N) is 4. The molecule has 9 heteroatoms. The Hall–Kier alpha value is -1.55. The zero-order valence-corrected chi connectivity index (χ0v) is 19.2. The van der Waals surface area contributed by atoms with Crippen LogP contribution >= 0.6 is 35.6 Å². The minimum atomic E-state index is -0.315. The van der Waals surface area contributed by atoms with Gasteiger partial charge < -0.3 is 15.5 Å². The van der Waals surface area contributed by atoms with Crippen molar-refractivity contribution in [2.24, 2.45) is 12.0 Å². The molecule has 2 heterocycles. The van der Waals surface area contributed by atoms with E-state index in [1.165, 1.54) is 12.1 Å². The lowest BCUT2D eigenvalue weighted by atomic mass is 10.1. The molecule has 2 N–H and O–H groups in total. The second kappa shape index (κ2) is 10.8. The maximum absolute atomic E-state index is 13.1. The van der Waals surface area contributed by atoms with Crippen molar-refractivity contribution in [1.29, 1.82) is 0 Å². The third kappa shape index (κ3) is 6.23. The van der Waals surface area contributed by atoms with Crippen LogP contribution in [-0.2, 0) is 13.5 Å². The number of guanidine groups is 1. The van der Waals surface area contributed by atoms with Crippen LogP contribution in [0, 0.1) is 5.82 Å². The SMILES string of the molecule is CN=C(NCCc1ccc(F)cc1Cl)NC1CCCN(c2cnn(C)c2)C1.I. The highest BCUT2D eigenvalue weighted by Crippen LogP contribution is 2.19. The fourth-order valence-corrected chi connectivity index (χ4v) is 3.59. The fourth-order valence-electron chi connectivity index (χ4n) is 3.33. The van der Waals surface area contributed by atoms with Gasteiger partial charge >= 0.3 is 0 Å². The van der Waals surface area contributed by atoms with E-state index in [-0.39, 0.29) is 29.8 Å².